The van der Waals surface area contributed by atoms with Crippen LogP contribution < -0.4 is 5.32 Å². The van der Waals surface area contributed by atoms with Gasteiger partial charge in [-0.25, -0.2) is 4.39 Å². The van der Waals surface area contributed by atoms with Gasteiger partial charge in [0.1, 0.15) is 12.4 Å². The lowest BCUT2D eigenvalue weighted by Gasteiger charge is -2.11. The van der Waals surface area contributed by atoms with Gasteiger partial charge in [0, 0.05) is 18.0 Å². The maximum absolute atomic E-state index is 13.3. The molecule has 0 saturated heterocycles. The average molecular weight is 355 g/mol. The van der Waals surface area contributed by atoms with E-state index in [0.29, 0.717) is 5.56 Å². The van der Waals surface area contributed by atoms with E-state index in [0.717, 1.165) is 24.7 Å². The standard InChI is InChI=1S/C16H13F4N3O2/c17-14-4-2-1-3-11(14)10-25-23-8-7-22-15(24)12-9-21-6-5-13(12)16(18,19)20/h1-6,8-9H,7,10H2,(H,22,24). The van der Waals surface area contributed by atoms with Gasteiger partial charge in [0.2, 0.25) is 0 Å². The van der Waals surface area contributed by atoms with Crippen molar-refractivity contribution in [1.29, 1.82) is 0 Å². The second-order valence-corrected chi connectivity index (χ2v) is 4.78. The molecule has 25 heavy (non-hydrogen) atoms. The van der Waals surface area contributed by atoms with Crippen molar-refractivity contribution in [3.05, 3.63) is 65.2 Å². The number of amides is 1. The van der Waals surface area contributed by atoms with Crippen molar-refractivity contribution < 1.29 is 27.2 Å². The first-order valence-electron chi connectivity index (χ1n) is 7.06. The van der Waals surface area contributed by atoms with Crippen LogP contribution in [0.5, 0.6) is 0 Å². The minimum absolute atomic E-state index is 0.113. The summed E-state index contributed by atoms with van der Waals surface area (Å²) in [5.41, 5.74) is -1.36. The number of aromatic nitrogens is 1. The summed E-state index contributed by atoms with van der Waals surface area (Å²) in [6.45, 7) is -0.278. The number of alkyl halides is 3. The Labute approximate surface area is 140 Å². The highest BCUT2D eigenvalue weighted by molar-refractivity contribution is 5.96. The number of pyridine rings is 1. The summed E-state index contributed by atoms with van der Waals surface area (Å²) in [5.74, 6) is -1.39. The lowest BCUT2D eigenvalue weighted by Crippen LogP contribution is -2.28. The van der Waals surface area contributed by atoms with E-state index in [-0.39, 0.29) is 13.2 Å². The van der Waals surface area contributed by atoms with E-state index in [2.05, 4.69) is 15.5 Å². The van der Waals surface area contributed by atoms with Crippen LogP contribution in [0.1, 0.15) is 21.5 Å². The van der Waals surface area contributed by atoms with Crippen LogP contribution in [-0.2, 0) is 17.6 Å². The molecule has 5 nitrogen and oxygen atoms in total. The highest BCUT2D eigenvalue weighted by Gasteiger charge is 2.35. The topological polar surface area (TPSA) is 63.6 Å². The van der Waals surface area contributed by atoms with Gasteiger partial charge < -0.3 is 10.2 Å². The van der Waals surface area contributed by atoms with Gasteiger partial charge in [0.15, 0.2) is 0 Å². The summed E-state index contributed by atoms with van der Waals surface area (Å²) in [4.78, 5) is 20.2. The molecule has 0 fully saturated rings. The van der Waals surface area contributed by atoms with E-state index >= 15 is 0 Å². The van der Waals surface area contributed by atoms with E-state index in [1.54, 1.807) is 6.07 Å². The Bertz CT molecular complexity index is 763. The minimum Gasteiger partial charge on any atom is -0.391 e. The fourth-order valence-corrected chi connectivity index (χ4v) is 1.87. The molecule has 2 aromatic rings. The van der Waals surface area contributed by atoms with Gasteiger partial charge in [0.25, 0.3) is 5.91 Å². The predicted octanol–water partition coefficient (Wildman–Crippen LogP) is 3.17. The van der Waals surface area contributed by atoms with Crippen molar-refractivity contribution in [3.63, 3.8) is 0 Å². The second-order valence-electron chi connectivity index (χ2n) is 4.78. The molecule has 132 valence electrons. The van der Waals surface area contributed by atoms with Crippen molar-refractivity contribution in [2.45, 2.75) is 12.8 Å². The molecule has 0 unspecified atom stereocenters. The van der Waals surface area contributed by atoms with Crippen LogP contribution in [0.2, 0.25) is 0 Å². The van der Waals surface area contributed by atoms with Crippen LogP contribution in [0, 0.1) is 5.82 Å². The molecule has 1 N–H and O–H groups in total. The first-order chi connectivity index (χ1) is 11.9. The number of carbonyl (C=O) groups is 1. The van der Waals surface area contributed by atoms with E-state index in [9.17, 15) is 22.4 Å². The molecule has 0 spiro atoms. The first-order valence-corrected chi connectivity index (χ1v) is 7.06. The number of halogens is 4. The molecular formula is C16H13F4N3O2. The van der Waals surface area contributed by atoms with Gasteiger partial charge in [-0.05, 0) is 12.1 Å². The molecule has 0 aliphatic carbocycles. The van der Waals surface area contributed by atoms with Gasteiger partial charge in [-0.15, -0.1) is 0 Å². The maximum atomic E-state index is 13.3. The second kappa shape index (κ2) is 8.22. The predicted molar refractivity (Wildman–Crippen MR) is 81.3 cm³/mol. The molecule has 0 saturated carbocycles. The third-order valence-electron chi connectivity index (χ3n) is 3.05. The minimum atomic E-state index is -4.66. The molecular weight excluding hydrogens is 342 g/mol. The quantitative estimate of drug-likeness (QED) is 0.492. The molecule has 1 aromatic carbocycles. The van der Waals surface area contributed by atoms with E-state index in [1.165, 1.54) is 18.2 Å². The van der Waals surface area contributed by atoms with Crippen molar-refractivity contribution in [1.82, 2.24) is 10.3 Å². The number of hydrogen-bond acceptors (Lipinski definition) is 4. The van der Waals surface area contributed by atoms with Crippen molar-refractivity contribution in [2.75, 3.05) is 6.54 Å². The third kappa shape index (κ3) is 5.27. The molecule has 2 rings (SSSR count). The number of nitrogens with zero attached hydrogens (tertiary/aromatic N) is 2. The van der Waals surface area contributed by atoms with Crippen molar-refractivity contribution in [2.24, 2.45) is 5.16 Å². The number of carbonyl (C=O) groups excluding carboxylic acids is 1. The van der Waals surface area contributed by atoms with Crippen LogP contribution in [0.25, 0.3) is 0 Å². The lowest BCUT2D eigenvalue weighted by molar-refractivity contribution is -0.138. The summed E-state index contributed by atoms with van der Waals surface area (Å²) >= 11 is 0. The molecule has 0 radical (unpaired) electrons. The molecule has 0 bridgehead atoms. The average Bonchev–Trinajstić information content (AvgIpc) is 2.58. The Morgan fingerprint density at radius 3 is 2.76 bits per heavy atom. The number of rotatable bonds is 6. The Balaban J connectivity index is 1.84. The van der Waals surface area contributed by atoms with Crippen LogP contribution in [0.3, 0.4) is 0 Å². The van der Waals surface area contributed by atoms with Gasteiger partial charge in [0.05, 0.1) is 23.9 Å². The highest BCUT2D eigenvalue weighted by atomic mass is 19.4. The molecule has 0 aliphatic heterocycles. The van der Waals surface area contributed by atoms with Gasteiger partial charge in [-0.1, -0.05) is 23.4 Å². The summed E-state index contributed by atoms with van der Waals surface area (Å²) in [5, 5.41) is 5.74. The zero-order chi connectivity index (χ0) is 18.3. The SMILES string of the molecule is O=C(NCC=NOCc1ccccc1F)c1cnccc1C(F)(F)F. The van der Waals surface area contributed by atoms with E-state index in [4.69, 9.17) is 4.84 Å². The zero-order valence-corrected chi connectivity index (χ0v) is 12.8. The van der Waals surface area contributed by atoms with Crippen molar-refractivity contribution >= 4 is 12.1 Å². The van der Waals surface area contributed by atoms with Crippen LogP contribution in [0.4, 0.5) is 17.6 Å². The number of oxime groups is 1. The fraction of sp³-hybridized carbons (Fsp3) is 0.188. The maximum Gasteiger partial charge on any atom is 0.417 e. The Morgan fingerprint density at radius 2 is 2.04 bits per heavy atom. The molecule has 1 heterocycles. The van der Waals surface area contributed by atoms with Crippen LogP contribution >= 0.6 is 0 Å². The molecule has 1 amide bonds. The monoisotopic (exact) mass is 355 g/mol. The van der Waals surface area contributed by atoms with Gasteiger partial charge in [-0.2, -0.15) is 13.2 Å². The zero-order valence-electron chi connectivity index (χ0n) is 12.8. The summed E-state index contributed by atoms with van der Waals surface area (Å²) in [7, 11) is 0. The largest absolute Gasteiger partial charge is 0.417 e. The summed E-state index contributed by atoms with van der Waals surface area (Å²) in [6.07, 6.45) is -1.73. The smallest absolute Gasteiger partial charge is 0.391 e. The molecule has 1 aromatic heterocycles. The number of nitrogens with one attached hydrogen (secondary N) is 1. The van der Waals surface area contributed by atoms with E-state index in [1.807, 2.05) is 0 Å². The van der Waals surface area contributed by atoms with Crippen LogP contribution in [-0.4, -0.2) is 23.7 Å². The Hall–Kier alpha value is -2.97. The van der Waals surface area contributed by atoms with Crippen LogP contribution in [0.15, 0.2) is 47.9 Å². The molecule has 9 heteroatoms. The lowest BCUT2D eigenvalue weighted by atomic mass is 10.1. The summed E-state index contributed by atoms with van der Waals surface area (Å²) < 4.78 is 51.7. The van der Waals surface area contributed by atoms with Crippen molar-refractivity contribution in [3.8, 4) is 0 Å². The van der Waals surface area contributed by atoms with Gasteiger partial charge >= 0.3 is 6.18 Å². The normalized spacial score (nSPS) is 11.5. The fourth-order valence-electron chi connectivity index (χ4n) is 1.87. The molecule has 0 atom stereocenters. The van der Waals surface area contributed by atoms with Gasteiger partial charge in [-0.3, -0.25) is 9.78 Å². The Morgan fingerprint density at radius 1 is 1.28 bits per heavy atom. The van der Waals surface area contributed by atoms with E-state index < -0.39 is 29.0 Å². The first kappa shape index (κ1) is 18.4. The third-order valence-corrected chi connectivity index (χ3v) is 3.05. The Kier molecular flexibility index (Phi) is 6.04. The molecule has 0 aliphatic rings. The summed E-state index contributed by atoms with van der Waals surface area (Å²) in [6, 6.07) is 6.69. The number of benzene rings is 1. The highest BCUT2D eigenvalue weighted by Crippen LogP contribution is 2.31. The number of hydrogen-bond donors (Lipinski definition) is 1.